The number of aryl methyl sites for hydroxylation is 1. The van der Waals surface area contributed by atoms with E-state index in [1.165, 1.54) is 25.5 Å². The first-order valence-electron chi connectivity index (χ1n) is 9.06. The Bertz CT molecular complexity index is 649. The van der Waals surface area contributed by atoms with E-state index in [0.29, 0.717) is 18.9 Å². The standard InChI is InChI=1S/C19H26F2N2O2/c1-13-6-7-15(17(21)16(13)20)10-22-12-19(25)8-3-9-23(18(19)24)11-14-4-2-5-14/h6-7,14,22,25H,2-5,8-12H2,1H3/t19-/m0/s1. The first-order chi connectivity index (χ1) is 11.9. The molecular formula is C19H26F2N2O2. The number of carbonyl (C=O) groups is 1. The van der Waals surface area contributed by atoms with Gasteiger partial charge in [-0.05, 0) is 44.1 Å². The van der Waals surface area contributed by atoms with Crippen molar-refractivity contribution >= 4 is 5.91 Å². The molecule has 6 heteroatoms. The van der Waals surface area contributed by atoms with Gasteiger partial charge in [0.2, 0.25) is 0 Å². The van der Waals surface area contributed by atoms with Gasteiger partial charge in [-0.25, -0.2) is 8.78 Å². The molecule has 1 atom stereocenters. The van der Waals surface area contributed by atoms with Crippen molar-refractivity contribution in [1.82, 2.24) is 10.2 Å². The number of nitrogens with one attached hydrogen (secondary N) is 1. The van der Waals surface area contributed by atoms with Crippen molar-refractivity contribution < 1.29 is 18.7 Å². The maximum absolute atomic E-state index is 13.9. The largest absolute Gasteiger partial charge is 0.379 e. The molecule has 2 fully saturated rings. The maximum atomic E-state index is 13.9. The summed E-state index contributed by atoms with van der Waals surface area (Å²) in [5, 5.41) is 13.7. The van der Waals surface area contributed by atoms with Crippen LogP contribution in [0.2, 0.25) is 0 Å². The van der Waals surface area contributed by atoms with Gasteiger partial charge in [0.15, 0.2) is 17.2 Å². The predicted octanol–water partition coefficient (Wildman–Crippen LogP) is 2.52. The van der Waals surface area contributed by atoms with Crippen LogP contribution in [-0.4, -0.2) is 41.1 Å². The fourth-order valence-electron chi connectivity index (χ4n) is 3.62. The number of hydrogen-bond donors (Lipinski definition) is 2. The average molecular weight is 352 g/mol. The van der Waals surface area contributed by atoms with E-state index in [-0.39, 0.29) is 30.1 Å². The van der Waals surface area contributed by atoms with Crippen LogP contribution in [0.3, 0.4) is 0 Å². The predicted molar refractivity (Wildman–Crippen MR) is 90.9 cm³/mol. The Labute approximate surface area is 147 Å². The van der Waals surface area contributed by atoms with Gasteiger partial charge in [-0.3, -0.25) is 4.79 Å². The molecule has 138 valence electrons. The minimum absolute atomic E-state index is 0.0436. The quantitative estimate of drug-likeness (QED) is 0.827. The summed E-state index contributed by atoms with van der Waals surface area (Å²) in [6.07, 6.45) is 4.67. The molecule has 0 spiro atoms. The molecule has 1 aromatic rings. The summed E-state index contributed by atoms with van der Waals surface area (Å²) in [5.41, 5.74) is -1.00. The van der Waals surface area contributed by atoms with Crippen LogP contribution in [0.5, 0.6) is 0 Å². The third kappa shape index (κ3) is 3.85. The maximum Gasteiger partial charge on any atom is 0.255 e. The fourth-order valence-corrected chi connectivity index (χ4v) is 3.62. The van der Waals surface area contributed by atoms with Crippen LogP contribution < -0.4 is 5.32 Å². The second-order valence-corrected chi connectivity index (χ2v) is 7.46. The summed E-state index contributed by atoms with van der Waals surface area (Å²) in [4.78, 5) is 14.4. The third-order valence-corrected chi connectivity index (χ3v) is 5.50. The molecule has 1 aromatic carbocycles. The minimum Gasteiger partial charge on any atom is -0.379 e. The molecule has 1 aliphatic heterocycles. The molecule has 1 heterocycles. The number of halogens is 2. The Kier molecular flexibility index (Phi) is 5.39. The average Bonchev–Trinajstić information content (AvgIpc) is 2.55. The molecule has 2 aliphatic rings. The van der Waals surface area contributed by atoms with Crippen molar-refractivity contribution in [2.75, 3.05) is 19.6 Å². The zero-order valence-electron chi connectivity index (χ0n) is 14.7. The number of nitrogens with zero attached hydrogens (tertiary/aromatic N) is 1. The van der Waals surface area contributed by atoms with Crippen LogP contribution in [0.15, 0.2) is 12.1 Å². The molecule has 1 aliphatic carbocycles. The Morgan fingerprint density at radius 1 is 1.28 bits per heavy atom. The van der Waals surface area contributed by atoms with Gasteiger partial charge < -0.3 is 15.3 Å². The summed E-state index contributed by atoms with van der Waals surface area (Å²) >= 11 is 0. The van der Waals surface area contributed by atoms with E-state index in [9.17, 15) is 18.7 Å². The van der Waals surface area contributed by atoms with Gasteiger partial charge in [-0.15, -0.1) is 0 Å². The molecular weight excluding hydrogens is 326 g/mol. The second-order valence-electron chi connectivity index (χ2n) is 7.46. The highest BCUT2D eigenvalue weighted by Crippen LogP contribution is 2.30. The lowest BCUT2D eigenvalue weighted by Gasteiger charge is -2.41. The molecule has 3 rings (SSSR count). The summed E-state index contributed by atoms with van der Waals surface area (Å²) < 4.78 is 27.5. The number of carbonyl (C=O) groups excluding carboxylic acids is 1. The lowest BCUT2D eigenvalue weighted by Crippen LogP contribution is -2.58. The molecule has 2 N–H and O–H groups in total. The zero-order chi connectivity index (χ0) is 18.0. The van der Waals surface area contributed by atoms with Gasteiger partial charge in [0.05, 0.1) is 0 Å². The minimum atomic E-state index is -1.46. The summed E-state index contributed by atoms with van der Waals surface area (Å²) in [6.45, 7) is 3.04. The van der Waals surface area contributed by atoms with E-state index in [1.54, 1.807) is 4.90 Å². The smallest absolute Gasteiger partial charge is 0.255 e. The Hall–Kier alpha value is -1.53. The molecule has 1 saturated heterocycles. The molecule has 1 amide bonds. The zero-order valence-corrected chi connectivity index (χ0v) is 14.7. The number of benzene rings is 1. The number of rotatable bonds is 6. The number of piperidine rings is 1. The SMILES string of the molecule is Cc1ccc(CNC[C@@]2(O)CCCN(CC3CCC3)C2=O)c(F)c1F. The van der Waals surface area contributed by atoms with Crippen LogP contribution in [0.4, 0.5) is 8.78 Å². The Morgan fingerprint density at radius 2 is 2.04 bits per heavy atom. The highest BCUT2D eigenvalue weighted by Gasteiger charge is 2.42. The number of amides is 1. The molecule has 25 heavy (non-hydrogen) atoms. The van der Waals surface area contributed by atoms with E-state index in [2.05, 4.69) is 5.32 Å². The fraction of sp³-hybridized carbons (Fsp3) is 0.632. The molecule has 4 nitrogen and oxygen atoms in total. The molecule has 1 saturated carbocycles. The van der Waals surface area contributed by atoms with Crippen LogP contribution >= 0.6 is 0 Å². The second kappa shape index (κ2) is 7.38. The number of aliphatic hydroxyl groups is 1. The first kappa shape index (κ1) is 18.3. The molecule has 0 radical (unpaired) electrons. The van der Waals surface area contributed by atoms with E-state index in [0.717, 1.165) is 25.8 Å². The lowest BCUT2D eigenvalue weighted by molar-refractivity contribution is -0.157. The van der Waals surface area contributed by atoms with Crippen LogP contribution in [0.1, 0.15) is 43.2 Å². The van der Waals surface area contributed by atoms with Gasteiger partial charge in [-0.2, -0.15) is 0 Å². The van der Waals surface area contributed by atoms with Crippen LogP contribution in [0, 0.1) is 24.5 Å². The Balaban J connectivity index is 1.57. The van der Waals surface area contributed by atoms with Crippen molar-refractivity contribution in [3.63, 3.8) is 0 Å². The van der Waals surface area contributed by atoms with Gasteiger partial charge in [0, 0.05) is 31.7 Å². The van der Waals surface area contributed by atoms with Crippen molar-refractivity contribution in [1.29, 1.82) is 0 Å². The Morgan fingerprint density at radius 3 is 2.72 bits per heavy atom. The molecule has 0 unspecified atom stereocenters. The highest BCUT2D eigenvalue weighted by molar-refractivity contribution is 5.86. The number of hydrogen-bond acceptors (Lipinski definition) is 3. The van der Waals surface area contributed by atoms with Gasteiger partial charge >= 0.3 is 0 Å². The third-order valence-electron chi connectivity index (χ3n) is 5.50. The van der Waals surface area contributed by atoms with Crippen molar-refractivity contribution in [2.45, 2.75) is 51.2 Å². The van der Waals surface area contributed by atoms with Crippen molar-refractivity contribution in [2.24, 2.45) is 5.92 Å². The lowest BCUT2D eigenvalue weighted by atomic mass is 9.83. The number of likely N-dealkylation sites (tertiary alicyclic amines) is 1. The van der Waals surface area contributed by atoms with E-state index in [1.807, 2.05) is 0 Å². The van der Waals surface area contributed by atoms with Crippen LogP contribution in [0.25, 0.3) is 0 Å². The topological polar surface area (TPSA) is 52.6 Å². The van der Waals surface area contributed by atoms with E-state index < -0.39 is 17.2 Å². The first-order valence-corrected chi connectivity index (χ1v) is 9.06. The molecule has 0 bridgehead atoms. The van der Waals surface area contributed by atoms with Crippen LogP contribution in [-0.2, 0) is 11.3 Å². The van der Waals surface area contributed by atoms with Crippen molar-refractivity contribution in [3.8, 4) is 0 Å². The van der Waals surface area contributed by atoms with Gasteiger partial charge in [0.25, 0.3) is 5.91 Å². The summed E-state index contributed by atoms with van der Waals surface area (Å²) in [5.74, 6) is -1.41. The highest BCUT2D eigenvalue weighted by atomic mass is 19.2. The van der Waals surface area contributed by atoms with Gasteiger partial charge in [0.1, 0.15) is 0 Å². The summed E-state index contributed by atoms with van der Waals surface area (Å²) in [7, 11) is 0. The summed E-state index contributed by atoms with van der Waals surface area (Å²) in [6, 6.07) is 3.05. The van der Waals surface area contributed by atoms with E-state index >= 15 is 0 Å². The monoisotopic (exact) mass is 352 g/mol. The van der Waals surface area contributed by atoms with Gasteiger partial charge in [-0.1, -0.05) is 18.6 Å². The van der Waals surface area contributed by atoms with Crippen molar-refractivity contribution in [3.05, 3.63) is 34.9 Å². The molecule has 0 aromatic heterocycles. The van der Waals surface area contributed by atoms with E-state index in [4.69, 9.17) is 0 Å². The normalized spacial score (nSPS) is 24.5.